The fourth-order valence-electron chi connectivity index (χ4n) is 1.74. The summed E-state index contributed by atoms with van der Waals surface area (Å²) >= 11 is 1.41. The van der Waals surface area contributed by atoms with E-state index in [2.05, 4.69) is 19.2 Å². The number of nitro groups is 1. The van der Waals surface area contributed by atoms with Crippen molar-refractivity contribution in [3.05, 3.63) is 33.9 Å². The highest BCUT2D eigenvalue weighted by molar-refractivity contribution is 7.99. The minimum absolute atomic E-state index is 0.0876. The highest BCUT2D eigenvalue weighted by atomic mass is 32.2. The lowest BCUT2D eigenvalue weighted by Gasteiger charge is -2.11. The molecule has 0 saturated carbocycles. The number of nitrogens with one attached hydrogen (secondary N) is 1. The number of benzene rings is 1. The first-order chi connectivity index (χ1) is 11.2. The normalized spacial score (nSPS) is 10.5. The maximum atomic E-state index is 12.0. The lowest BCUT2D eigenvalue weighted by molar-refractivity contribution is -0.387. The SMILES string of the molecule is CC(C)CCSc1ccc(C(=O)NCC(=O)N(C)C)cc1[N+](=O)[O-]. The molecule has 0 radical (unpaired) electrons. The third-order valence-electron chi connectivity index (χ3n) is 3.27. The summed E-state index contributed by atoms with van der Waals surface area (Å²) in [7, 11) is 3.17. The van der Waals surface area contributed by atoms with Crippen LogP contribution < -0.4 is 5.32 Å². The van der Waals surface area contributed by atoms with Crippen LogP contribution in [0.4, 0.5) is 5.69 Å². The van der Waals surface area contributed by atoms with E-state index in [1.165, 1.54) is 22.7 Å². The van der Waals surface area contributed by atoms with Crippen LogP contribution >= 0.6 is 11.8 Å². The predicted molar refractivity (Wildman–Crippen MR) is 94.3 cm³/mol. The van der Waals surface area contributed by atoms with Crippen molar-refractivity contribution < 1.29 is 14.5 Å². The van der Waals surface area contributed by atoms with E-state index in [1.807, 2.05) is 0 Å². The molecule has 0 aliphatic heterocycles. The lowest BCUT2D eigenvalue weighted by atomic mass is 10.2. The molecule has 0 heterocycles. The molecule has 7 nitrogen and oxygen atoms in total. The summed E-state index contributed by atoms with van der Waals surface area (Å²) in [6.07, 6.45) is 0.955. The van der Waals surface area contributed by atoms with Crippen molar-refractivity contribution in [3.63, 3.8) is 0 Å². The Morgan fingerprint density at radius 2 is 2.00 bits per heavy atom. The third-order valence-corrected chi connectivity index (χ3v) is 4.37. The molecule has 2 amide bonds. The first-order valence-corrected chi connectivity index (χ1v) is 8.60. The van der Waals surface area contributed by atoms with Gasteiger partial charge in [-0.1, -0.05) is 13.8 Å². The quantitative estimate of drug-likeness (QED) is 0.440. The zero-order valence-electron chi connectivity index (χ0n) is 14.4. The highest BCUT2D eigenvalue weighted by Gasteiger charge is 2.18. The van der Waals surface area contributed by atoms with Gasteiger partial charge in [0.2, 0.25) is 5.91 Å². The summed E-state index contributed by atoms with van der Waals surface area (Å²) in [4.78, 5) is 36.2. The summed E-state index contributed by atoms with van der Waals surface area (Å²) in [6.45, 7) is 4.04. The van der Waals surface area contributed by atoms with Crippen molar-refractivity contribution in [1.82, 2.24) is 10.2 Å². The van der Waals surface area contributed by atoms with Crippen LogP contribution in [0.1, 0.15) is 30.6 Å². The van der Waals surface area contributed by atoms with Crippen LogP contribution in [0.5, 0.6) is 0 Å². The fourth-order valence-corrected chi connectivity index (χ4v) is 3.00. The zero-order chi connectivity index (χ0) is 18.3. The molecular formula is C16H23N3O4S. The highest BCUT2D eigenvalue weighted by Crippen LogP contribution is 2.31. The van der Waals surface area contributed by atoms with E-state index in [0.717, 1.165) is 12.2 Å². The van der Waals surface area contributed by atoms with Gasteiger partial charge in [0, 0.05) is 25.7 Å². The summed E-state index contributed by atoms with van der Waals surface area (Å²) in [5.74, 6) is 0.545. The Bertz CT molecular complexity index is 617. The molecule has 1 aromatic rings. The molecule has 0 fully saturated rings. The smallest absolute Gasteiger partial charge is 0.283 e. The average Bonchev–Trinajstić information content (AvgIpc) is 2.51. The van der Waals surface area contributed by atoms with E-state index in [-0.39, 0.29) is 23.7 Å². The van der Waals surface area contributed by atoms with E-state index in [4.69, 9.17) is 0 Å². The van der Waals surface area contributed by atoms with E-state index >= 15 is 0 Å². The van der Waals surface area contributed by atoms with Gasteiger partial charge in [-0.25, -0.2) is 0 Å². The Morgan fingerprint density at radius 3 is 2.54 bits per heavy atom. The van der Waals surface area contributed by atoms with E-state index < -0.39 is 10.8 Å². The largest absolute Gasteiger partial charge is 0.347 e. The number of amides is 2. The van der Waals surface area contributed by atoms with E-state index in [1.54, 1.807) is 26.2 Å². The molecule has 1 N–H and O–H groups in total. The first-order valence-electron chi connectivity index (χ1n) is 7.62. The fraction of sp³-hybridized carbons (Fsp3) is 0.500. The van der Waals surface area contributed by atoms with Crippen LogP contribution in [-0.4, -0.2) is 48.0 Å². The van der Waals surface area contributed by atoms with Crippen molar-refractivity contribution in [2.24, 2.45) is 5.92 Å². The van der Waals surface area contributed by atoms with Gasteiger partial charge in [-0.2, -0.15) is 0 Å². The molecule has 8 heteroatoms. The Kier molecular flexibility index (Phi) is 7.70. The van der Waals surface area contributed by atoms with Crippen molar-refractivity contribution in [2.75, 3.05) is 26.4 Å². The standard InChI is InChI=1S/C16H23N3O4S/c1-11(2)7-8-24-14-6-5-12(9-13(14)19(22)23)16(21)17-10-15(20)18(3)4/h5-6,9,11H,7-8,10H2,1-4H3,(H,17,21). The molecule has 132 valence electrons. The van der Waals surface area contributed by atoms with Gasteiger partial charge < -0.3 is 10.2 Å². The number of hydrogen-bond acceptors (Lipinski definition) is 5. The van der Waals surface area contributed by atoms with Crippen molar-refractivity contribution >= 4 is 29.3 Å². The number of nitrogens with zero attached hydrogens (tertiary/aromatic N) is 2. The van der Waals surface area contributed by atoms with Crippen LogP contribution in [0.2, 0.25) is 0 Å². The molecule has 0 atom stereocenters. The summed E-state index contributed by atoms with van der Waals surface area (Å²) in [6, 6.07) is 4.39. The van der Waals surface area contributed by atoms with Crippen LogP contribution in [0, 0.1) is 16.0 Å². The number of nitro benzene ring substituents is 1. The molecule has 0 aliphatic rings. The van der Waals surface area contributed by atoms with Crippen LogP contribution in [0.3, 0.4) is 0 Å². The van der Waals surface area contributed by atoms with Gasteiger partial charge in [0.1, 0.15) is 0 Å². The second kappa shape index (κ2) is 9.27. The number of carbonyl (C=O) groups excluding carboxylic acids is 2. The minimum atomic E-state index is -0.507. The number of thioether (sulfide) groups is 1. The molecular weight excluding hydrogens is 330 g/mol. The lowest BCUT2D eigenvalue weighted by Crippen LogP contribution is -2.36. The molecule has 1 aromatic carbocycles. The molecule has 0 aromatic heterocycles. The Labute approximate surface area is 145 Å². The van der Waals surface area contributed by atoms with Crippen molar-refractivity contribution in [3.8, 4) is 0 Å². The zero-order valence-corrected chi connectivity index (χ0v) is 15.2. The average molecular weight is 353 g/mol. The first kappa shape index (κ1) is 20.0. The maximum absolute atomic E-state index is 12.0. The summed E-state index contributed by atoms with van der Waals surface area (Å²) in [5.41, 5.74) is 0.0804. The van der Waals surface area contributed by atoms with Gasteiger partial charge in [0.25, 0.3) is 11.6 Å². The third kappa shape index (κ3) is 6.19. The van der Waals surface area contributed by atoms with E-state index in [9.17, 15) is 19.7 Å². The van der Waals surface area contributed by atoms with Gasteiger partial charge in [0.15, 0.2) is 0 Å². The number of likely N-dealkylation sites (N-methyl/N-ethyl adjacent to an activating group) is 1. The molecule has 0 spiro atoms. The van der Waals surface area contributed by atoms with Crippen LogP contribution in [0.25, 0.3) is 0 Å². The van der Waals surface area contributed by atoms with Crippen LogP contribution in [0.15, 0.2) is 23.1 Å². The monoisotopic (exact) mass is 353 g/mol. The van der Waals surface area contributed by atoms with E-state index in [0.29, 0.717) is 10.8 Å². The van der Waals surface area contributed by atoms with Crippen molar-refractivity contribution in [1.29, 1.82) is 0 Å². The Hall–Kier alpha value is -2.09. The molecule has 0 aliphatic carbocycles. The van der Waals surface area contributed by atoms with Crippen LogP contribution in [-0.2, 0) is 4.79 Å². The summed E-state index contributed by atoms with van der Waals surface area (Å²) < 4.78 is 0. The predicted octanol–water partition coefficient (Wildman–Crippen LogP) is 2.55. The molecule has 24 heavy (non-hydrogen) atoms. The molecule has 1 rings (SSSR count). The topological polar surface area (TPSA) is 92.6 Å². The second-order valence-corrected chi connectivity index (χ2v) is 7.08. The molecule has 0 bridgehead atoms. The molecule has 0 unspecified atom stereocenters. The number of rotatable bonds is 8. The maximum Gasteiger partial charge on any atom is 0.283 e. The Balaban J connectivity index is 2.83. The van der Waals surface area contributed by atoms with Gasteiger partial charge in [-0.15, -0.1) is 11.8 Å². The number of hydrogen-bond donors (Lipinski definition) is 1. The Morgan fingerprint density at radius 1 is 1.33 bits per heavy atom. The minimum Gasteiger partial charge on any atom is -0.347 e. The second-order valence-electron chi connectivity index (χ2n) is 5.94. The van der Waals surface area contributed by atoms with Gasteiger partial charge >= 0.3 is 0 Å². The molecule has 0 saturated heterocycles. The van der Waals surface area contributed by atoms with Gasteiger partial charge in [0.05, 0.1) is 16.4 Å². The summed E-state index contributed by atoms with van der Waals surface area (Å²) in [5, 5.41) is 13.7. The van der Waals surface area contributed by atoms with Crippen molar-refractivity contribution in [2.45, 2.75) is 25.2 Å². The van der Waals surface area contributed by atoms with Gasteiger partial charge in [-0.05, 0) is 30.2 Å². The van der Waals surface area contributed by atoms with Gasteiger partial charge in [-0.3, -0.25) is 19.7 Å². The number of carbonyl (C=O) groups is 2.